The number of carbonyl (C=O) groups is 1. The minimum Gasteiger partial charge on any atom is -0.480 e. The molecule has 0 aliphatic rings. The van der Waals surface area contributed by atoms with Crippen molar-refractivity contribution >= 4 is 18.6 Å². The standard InChI is InChI=1S/C11H22O2S/c1-10(2,3)7-11(4,5)6-8(14)9(12)13/h8,14H,6-7H2,1-5H3,(H,12,13). The predicted octanol–water partition coefficient (Wildman–Crippen LogP) is 3.22. The summed E-state index contributed by atoms with van der Waals surface area (Å²) in [7, 11) is 0. The Labute approximate surface area is 92.5 Å². The Morgan fingerprint density at radius 2 is 1.71 bits per heavy atom. The molecule has 0 heterocycles. The van der Waals surface area contributed by atoms with Crippen molar-refractivity contribution in [3.8, 4) is 0 Å². The third kappa shape index (κ3) is 6.30. The van der Waals surface area contributed by atoms with Gasteiger partial charge >= 0.3 is 5.97 Å². The summed E-state index contributed by atoms with van der Waals surface area (Å²) in [5.41, 5.74) is 0.262. The number of thiol groups is 1. The molecule has 0 spiro atoms. The van der Waals surface area contributed by atoms with Gasteiger partial charge in [0.15, 0.2) is 0 Å². The van der Waals surface area contributed by atoms with Crippen molar-refractivity contribution < 1.29 is 9.90 Å². The van der Waals surface area contributed by atoms with E-state index >= 15 is 0 Å². The fourth-order valence-electron chi connectivity index (χ4n) is 2.12. The van der Waals surface area contributed by atoms with Crippen molar-refractivity contribution in [3.05, 3.63) is 0 Å². The lowest BCUT2D eigenvalue weighted by atomic mass is 9.74. The first kappa shape index (κ1) is 13.8. The highest BCUT2D eigenvalue weighted by molar-refractivity contribution is 7.81. The number of hydrogen-bond acceptors (Lipinski definition) is 2. The van der Waals surface area contributed by atoms with Crippen LogP contribution in [0.3, 0.4) is 0 Å². The number of hydrogen-bond donors (Lipinski definition) is 2. The van der Waals surface area contributed by atoms with E-state index in [-0.39, 0.29) is 10.8 Å². The van der Waals surface area contributed by atoms with Gasteiger partial charge < -0.3 is 5.11 Å². The maximum Gasteiger partial charge on any atom is 0.316 e. The second-order valence-corrected chi connectivity index (χ2v) is 6.58. The van der Waals surface area contributed by atoms with Gasteiger partial charge in [-0.3, -0.25) is 4.79 Å². The van der Waals surface area contributed by atoms with E-state index in [1.165, 1.54) is 0 Å². The first-order valence-electron chi connectivity index (χ1n) is 4.94. The highest BCUT2D eigenvalue weighted by Crippen LogP contribution is 2.37. The van der Waals surface area contributed by atoms with Crippen LogP contribution in [0.2, 0.25) is 0 Å². The summed E-state index contributed by atoms with van der Waals surface area (Å²) in [6.45, 7) is 10.7. The van der Waals surface area contributed by atoms with Crippen LogP contribution in [0.25, 0.3) is 0 Å². The fraction of sp³-hybridized carbons (Fsp3) is 0.909. The summed E-state index contributed by atoms with van der Waals surface area (Å²) in [6.07, 6.45) is 1.62. The molecule has 0 saturated heterocycles. The maximum absolute atomic E-state index is 10.7. The van der Waals surface area contributed by atoms with Crippen LogP contribution in [-0.2, 0) is 4.79 Å². The molecule has 2 nitrogen and oxygen atoms in total. The average Bonchev–Trinajstić information content (AvgIpc) is 1.78. The Balaban J connectivity index is 4.27. The summed E-state index contributed by atoms with van der Waals surface area (Å²) in [6, 6.07) is 0. The molecule has 1 N–H and O–H groups in total. The minimum atomic E-state index is -0.824. The lowest BCUT2D eigenvalue weighted by Gasteiger charge is -2.33. The maximum atomic E-state index is 10.7. The molecule has 84 valence electrons. The van der Waals surface area contributed by atoms with Gasteiger partial charge in [0.25, 0.3) is 0 Å². The van der Waals surface area contributed by atoms with Gasteiger partial charge in [0.05, 0.1) is 5.25 Å². The van der Waals surface area contributed by atoms with Crippen LogP contribution >= 0.6 is 12.6 Å². The average molecular weight is 218 g/mol. The number of carboxylic acids is 1. The third-order valence-electron chi connectivity index (χ3n) is 2.04. The Morgan fingerprint density at radius 3 is 2.00 bits per heavy atom. The topological polar surface area (TPSA) is 37.3 Å². The van der Waals surface area contributed by atoms with E-state index in [9.17, 15) is 4.79 Å². The van der Waals surface area contributed by atoms with Crippen LogP contribution in [0, 0.1) is 10.8 Å². The van der Waals surface area contributed by atoms with Crippen LogP contribution in [0.1, 0.15) is 47.5 Å². The molecule has 0 fully saturated rings. The molecule has 0 rings (SSSR count). The van der Waals surface area contributed by atoms with Crippen molar-refractivity contribution in [1.29, 1.82) is 0 Å². The fourth-order valence-corrected chi connectivity index (χ4v) is 2.61. The molecule has 0 aromatic heterocycles. The van der Waals surface area contributed by atoms with Crippen molar-refractivity contribution in [2.45, 2.75) is 52.7 Å². The second-order valence-electron chi connectivity index (χ2n) is 5.96. The molecule has 0 aromatic carbocycles. The third-order valence-corrected chi connectivity index (χ3v) is 2.44. The summed E-state index contributed by atoms with van der Waals surface area (Å²) >= 11 is 4.07. The van der Waals surface area contributed by atoms with E-state index in [4.69, 9.17) is 5.11 Å². The molecule has 0 bridgehead atoms. The Hall–Kier alpha value is -0.180. The molecule has 0 radical (unpaired) electrons. The van der Waals surface area contributed by atoms with Crippen molar-refractivity contribution in [3.63, 3.8) is 0 Å². The van der Waals surface area contributed by atoms with E-state index in [1.807, 2.05) is 0 Å². The molecule has 3 heteroatoms. The summed E-state index contributed by atoms with van der Waals surface area (Å²) < 4.78 is 0. The van der Waals surface area contributed by atoms with Crippen LogP contribution in [0.4, 0.5) is 0 Å². The van der Waals surface area contributed by atoms with Crippen LogP contribution < -0.4 is 0 Å². The van der Waals surface area contributed by atoms with E-state index in [2.05, 4.69) is 47.2 Å². The Bertz CT molecular complexity index is 204. The molecule has 0 saturated carbocycles. The van der Waals surface area contributed by atoms with Gasteiger partial charge in [-0.25, -0.2) is 0 Å². The van der Waals surface area contributed by atoms with E-state index in [1.54, 1.807) is 0 Å². The second kappa shape index (κ2) is 4.56. The highest BCUT2D eigenvalue weighted by Gasteiger charge is 2.29. The first-order chi connectivity index (χ1) is 6.03. The normalized spacial score (nSPS) is 15.3. The number of aliphatic carboxylic acids is 1. The molecule has 1 unspecified atom stereocenters. The van der Waals surface area contributed by atoms with Gasteiger partial charge in [-0.15, -0.1) is 0 Å². The molecular formula is C11H22O2S. The lowest BCUT2D eigenvalue weighted by molar-refractivity contribution is -0.137. The molecule has 1 atom stereocenters. The van der Waals surface area contributed by atoms with Gasteiger partial charge in [0.1, 0.15) is 0 Å². The van der Waals surface area contributed by atoms with E-state index in [0.29, 0.717) is 6.42 Å². The molecule has 14 heavy (non-hydrogen) atoms. The van der Waals surface area contributed by atoms with Crippen LogP contribution in [0.5, 0.6) is 0 Å². The molecule has 0 aliphatic carbocycles. The van der Waals surface area contributed by atoms with Gasteiger partial charge in [-0.05, 0) is 23.7 Å². The van der Waals surface area contributed by atoms with Crippen LogP contribution in [-0.4, -0.2) is 16.3 Å². The van der Waals surface area contributed by atoms with E-state index < -0.39 is 11.2 Å². The number of rotatable bonds is 4. The van der Waals surface area contributed by atoms with Crippen molar-refractivity contribution in [1.82, 2.24) is 0 Å². The summed E-state index contributed by atoms with van der Waals surface area (Å²) in [5.74, 6) is -0.824. The zero-order chi connectivity index (χ0) is 11.6. The number of carboxylic acid groups (broad SMARTS) is 1. The zero-order valence-electron chi connectivity index (χ0n) is 9.79. The van der Waals surface area contributed by atoms with Gasteiger partial charge in [0, 0.05) is 0 Å². The quantitative estimate of drug-likeness (QED) is 0.711. The monoisotopic (exact) mass is 218 g/mol. The smallest absolute Gasteiger partial charge is 0.316 e. The Morgan fingerprint density at radius 1 is 1.29 bits per heavy atom. The molecule has 0 amide bonds. The summed E-state index contributed by atoms with van der Waals surface area (Å²) in [4.78, 5) is 10.7. The zero-order valence-corrected chi connectivity index (χ0v) is 10.7. The van der Waals surface area contributed by atoms with Crippen molar-refractivity contribution in [2.24, 2.45) is 10.8 Å². The molecule has 0 aliphatic heterocycles. The Kier molecular flexibility index (Phi) is 4.50. The SMILES string of the molecule is CC(C)(C)CC(C)(C)CC(S)C(=O)O. The largest absolute Gasteiger partial charge is 0.480 e. The van der Waals surface area contributed by atoms with Crippen molar-refractivity contribution in [2.75, 3.05) is 0 Å². The van der Waals surface area contributed by atoms with Gasteiger partial charge in [0.2, 0.25) is 0 Å². The molecule has 0 aromatic rings. The predicted molar refractivity (Wildman–Crippen MR) is 62.9 cm³/mol. The van der Waals surface area contributed by atoms with Gasteiger partial charge in [-0.2, -0.15) is 12.6 Å². The minimum absolute atomic E-state index is 0.0308. The first-order valence-corrected chi connectivity index (χ1v) is 5.46. The van der Waals surface area contributed by atoms with Gasteiger partial charge in [-0.1, -0.05) is 34.6 Å². The molecular weight excluding hydrogens is 196 g/mol. The highest BCUT2D eigenvalue weighted by atomic mass is 32.1. The lowest BCUT2D eigenvalue weighted by Crippen LogP contribution is -2.27. The van der Waals surface area contributed by atoms with E-state index in [0.717, 1.165) is 6.42 Å². The van der Waals surface area contributed by atoms with Crippen LogP contribution in [0.15, 0.2) is 0 Å². The summed E-state index contributed by atoms with van der Waals surface area (Å²) in [5, 5.41) is 8.22.